The van der Waals surface area contributed by atoms with Gasteiger partial charge < -0.3 is 15.0 Å². The molecule has 0 fully saturated rings. The standard InChI is InChI=1S/C24H29BrCl2N2O3/c1-5-16-10-11-22(18(25)12-16)32-14-23(30)29(21(6-2)24(31)28-15(3)4)13-17-19(26)8-7-9-20(17)27/h7-12,15,21H,5-6,13-14H2,1-4H3,(H,28,31)/t21-/m0/s1. The van der Waals surface area contributed by atoms with Gasteiger partial charge >= 0.3 is 0 Å². The van der Waals surface area contributed by atoms with E-state index in [1.807, 2.05) is 39.0 Å². The van der Waals surface area contributed by atoms with Crippen molar-refractivity contribution in [3.8, 4) is 5.75 Å². The Hall–Kier alpha value is -1.76. The third-order valence-electron chi connectivity index (χ3n) is 4.96. The number of benzene rings is 2. The Morgan fingerprint density at radius 1 is 1.12 bits per heavy atom. The zero-order valence-corrected chi connectivity index (χ0v) is 21.9. The van der Waals surface area contributed by atoms with E-state index in [4.69, 9.17) is 27.9 Å². The minimum atomic E-state index is -0.688. The molecule has 0 radical (unpaired) electrons. The summed E-state index contributed by atoms with van der Waals surface area (Å²) < 4.78 is 6.57. The molecule has 0 aromatic heterocycles. The lowest BCUT2D eigenvalue weighted by atomic mass is 10.1. The summed E-state index contributed by atoms with van der Waals surface area (Å²) in [5, 5.41) is 3.77. The first-order valence-electron chi connectivity index (χ1n) is 10.6. The topological polar surface area (TPSA) is 58.6 Å². The maximum atomic E-state index is 13.3. The SMILES string of the molecule is CCc1ccc(OCC(=O)N(Cc2c(Cl)cccc2Cl)[C@@H](CC)C(=O)NC(C)C)c(Br)c1. The van der Waals surface area contributed by atoms with Crippen LogP contribution in [0.2, 0.25) is 10.0 Å². The molecule has 2 aromatic carbocycles. The van der Waals surface area contributed by atoms with Crippen LogP contribution in [0.15, 0.2) is 40.9 Å². The van der Waals surface area contributed by atoms with Crippen LogP contribution in [-0.2, 0) is 22.6 Å². The van der Waals surface area contributed by atoms with Crippen LogP contribution < -0.4 is 10.1 Å². The molecule has 0 spiro atoms. The van der Waals surface area contributed by atoms with Crippen LogP contribution in [0.3, 0.4) is 0 Å². The highest BCUT2D eigenvalue weighted by molar-refractivity contribution is 9.10. The summed E-state index contributed by atoms with van der Waals surface area (Å²) in [5.74, 6) is -0.00308. The fourth-order valence-corrected chi connectivity index (χ4v) is 4.32. The number of ether oxygens (including phenoxy) is 1. The molecule has 0 saturated carbocycles. The van der Waals surface area contributed by atoms with Crippen molar-refractivity contribution in [1.82, 2.24) is 10.2 Å². The van der Waals surface area contributed by atoms with Crippen molar-refractivity contribution in [3.05, 3.63) is 62.0 Å². The van der Waals surface area contributed by atoms with Gasteiger partial charge in [-0.25, -0.2) is 0 Å². The number of amides is 2. The molecule has 2 rings (SSSR count). The molecule has 0 heterocycles. The van der Waals surface area contributed by atoms with Gasteiger partial charge in [0.1, 0.15) is 11.8 Å². The average Bonchev–Trinajstić information content (AvgIpc) is 2.73. The first kappa shape index (κ1) is 26.5. The van der Waals surface area contributed by atoms with Crippen LogP contribution in [-0.4, -0.2) is 35.4 Å². The van der Waals surface area contributed by atoms with Crippen molar-refractivity contribution >= 4 is 50.9 Å². The summed E-state index contributed by atoms with van der Waals surface area (Å²) in [4.78, 5) is 27.6. The van der Waals surface area contributed by atoms with E-state index in [0.717, 1.165) is 16.5 Å². The number of hydrogen-bond acceptors (Lipinski definition) is 3. The quantitative estimate of drug-likeness (QED) is 0.398. The Kier molecular flexibility index (Phi) is 10.3. The van der Waals surface area contributed by atoms with Gasteiger partial charge in [-0.2, -0.15) is 0 Å². The molecule has 0 unspecified atom stereocenters. The second-order valence-corrected chi connectivity index (χ2v) is 9.38. The third-order valence-corrected chi connectivity index (χ3v) is 6.29. The van der Waals surface area contributed by atoms with Crippen LogP contribution >= 0.6 is 39.1 Å². The van der Waals surface area contributed by atoms with Gasteiger partial charge in [-0.3, -0.25) is 9.59 Å². The van der Waals surface area contributed by atoms with Gasteiger partial charge in [-0.1, -0.05) is 49.2 Å². The van der Waals surface area contributed by atoms with Gasteiger partial charge in [-0.15, -0.1) is 0 Å². The molecule has 0 bridgehead atoms. The Morgan fingerprint density at radius 3 is 2.31 bits per heavy atom. The summed E-state index contributed by atoms with van der Waals surface area (Å²) >= 11 is 16.2. The van der Waals surface area contributed by atoms with Crippen molar-refractivity contribution in [3.63, 3.8) is 0 Å². The summed E-state index contributed by atoms with van der Waals surface area (Å²) in [7, 11) is 0. The first-order chi connectivity index (χ1) is 15.2. The molecule has 0 aliphatic carbocycles. The molecule has 8 heteroatoms. The number of aryl methyl sites for hydroxylation is 1. The number of rotatable bonds is 10. The maximum Gasteiger partial charge on any atom is 0.261 e. The number of halogens is 3. The lowest BCUT2D eigenvalue weighted by Crippen LogP contribution is -2.51. The fourth-order valence-electron chi connectivity index (χ4n) is 3.26. The van der Waals surface area contributed by atoms with E-state index >= 15 is 0 Å². The number of carbonyl (C=O) groups excluding carboxylic acids is 2. The van der Waals surface area contributed by atoms with Crippen LogP contribution in [0.25, 0.3) is 0 Å². The Morgan fingerprint density at radius 2 is 1.78 bits per heavy atom. The van der Waals surface area contributed by atoms with E-state index in [1.165, 1.54) is 4.90 Å². The van der Waals surface area contributed by atoms with E-state index in [1.54, 1.807) is 18.2 Å². The van der Waals surface area contributed by atoms with Gasteiger partial charge in [0, 0.05) is 28.2 Å². The molecule has 0 aliphatic heterocycles. The van der Waals surface area contributed by atoms with Crippen LogP contribution in [0, 0.1) is 0 Å². The van der Waals surface area contributed by atoms with Gasteiger partial charge in [-0.05, 0) is 72.4 Å². The minimum Gasteiger partial charge on any atom is -0.483 e. The average molecular weight is 544 g/mol. The smallest absolute Gasteiger partial charge is 0.261 e. The fraction of sp³-hybridized carbons (Fsp3) is 0.417. The number of hydrogen-bond donors (Lipinski definition) is 1. The predicted molar refractivity (Wildman–Crippen MR) is 133 cm³/mol. The highest BCUT2D eigenvalue weighted by atomic mass is 79.9. The van der Waals surface area contributed by atoms with Crippen LogP contribution in [0.4, 0.5) is 0 Å². The Labute approximate surface area is 208 Å². The third kappa shape index (κ3) is 7.12. The zero-order valence-electron chi connectivity index (χ0n) is 18.8. The molecule has 2 amide bonds. The molecule has 32 heavy (non-hydrogen) atoms. The molecular weight excluding hydrogens is 515 g/mol. The van der Waals surface area contributed by atoms with E-state index < -0.39 is 6.04 Å². The molecule has 1 atom stereocenters. The molecule has 174 valence electrons. The van der Waals surface area contributed by atoms with Gasteiger partial charge in [0.05, 0.1) is 4.47 Å². The molecule has 2 aromatic rings. The summed E-state index contributed by atoms with van der Waals surface area (Å²) in [6.45, 7) is 7.56. The van der Waals surface area contributed by atoms with E-state index in [9.17, 15) is 9.59 Å². The number of nitrogens with zero attached hydrogens (tertiary/aromatic N) is 1. The maximum absolute atomic E-state index is 13.3. The number of nitrogens with one attached hydrogen (secondary N) is 1. The molecule has 5 nitrogen and oxygen atoms in total. The normalized spacial score (nSPS) is 11.9. The largest absolute Gasteiger partial charge is 0.483 e. The van der Waals surface area contributed by atoms with E-state index in [-0.39, 0.29) is 31.0 Å². The zero-order chi connectivity index (χ0) is 23.8. The predicted octanol–water partition coefficient (Wildman–Crippen LogP) is 6.03. The van der Waals surface area contributed by atoms with E-state index in [0.29, 0.717) is 27.8 Å². The van der Waals surface area contributed by atoms with Crippen molar-refractivity contribution in [2.45, 2.75) is 59.2 Å². The van der Waals surface area contributed by atoms with Gasteiger partial charge in [0.25, 0.3) is 5.91 Å². The second kappa shape index (κ2) is 12.5. The van der Waals surface area contributed by atoms with Gasteiger partial charge in [0.2, 0.25) is 5.91 Å². The monoisotopic (exact) mass is 542 g/mol. The highest BCUT2D eigenvalue weighted by Crippen LogP contribution is 2.28. The molecular formula is C24H29BrCl2N2O3. The lowest BCUT2D eigenvalue weighted by Gasteiger charge is -2.31. The van der Waals surface area contributed by atoms with Crippen LogP contribution in [0.1, 0.15) is 45.2 Å². The molecule has 0 aliphatic rings. The van der Waals surface area contributed by atoms with Crippen molar-refractivity contribution in [1.29, 1.82) is 0 Å². The van der Waals surface area contributed by atoms with E-state index in [2.05, 4.69) is 28.2 Å². The van der Waals surface area contributed by atoms with Crippen molar-refractivity contribution in [2.75, 3.05) is 6.61 Å². The lowest BCUT2D eigenvalue weighted by molar-refractivity contribution is -0.143. The summed E-state index contributed by atoms with van der Waals surface area (Å²) in [5.41, 5.74) is 1.75. The summed E-state index contributed by atoms with van der Waals surface area (Å²) in [6, 6.07) is 10.2. The number of carbonyl (C=O) groups is 2. The second-order valence-electron chi connectivity index (χ2n) is 7.72. The molecule has 1 N–H and O–H groups in total. The Balaban J connectivity index is 2.29. The van der Waals surface area contributed by atoms with Crippen LogP contribution in [0.5, 0.6) is 5.75 Å². The summed E-state index contributed by atoms with van der Waals surface area (Å²) in [6.07, 6.45) is 1.33. The van der Waals surface area contributed by atoms with Gasteiger partial charge in [0.15, 0.2) is 6.61 Å². The highest BCUT2D eigenvalue weighted by Gasteiger charge is 2.30. The molecule has 0 saturated heterocycles. The minimum absolute atomic E-state index is 0.0540. The van der Waals surface area contributed by atoms with Crippen molar-refractivity contribution < 1.29 is 14.3 Å². The first-order valence-corrected chi connectivity index (χ1v) is 12.2. The Bertz CT molecular complexity index is 933. The van der Waals surface area contributed by atoms with Crippen molar-refractivity contribution in [2.24, 2.45) is 0 Å².